The number of benzene rings is 1. The standard InChI is InChI=1S/C23H26F3N7O2/c1-13-30-12-19(32(13)3)23(34,20(11-29-2)33(4)28)14-6-7-18-15(8-14)17(10-27)16(9-22(24,25)26)21(31-18)35-5/h6-8,11-12,29,34H,9,28H2,1-5H3/b20-11-. The number of halogens is 3. The molecule has 2 heterocycles. The minimum absolute atomic E-state index is 0.130. The van der Waals surface area contributed by atoms with Crippen LogP contribution in [-0.4, -0.2) is 52.0 Å². The van der Waals surface area contributed by atoms with E-state index in [1.807, 2.05) is 6.07 Å². The van der Waals surface area contributed by atoms with Crippen LogP contribution in [-0.2, 0) is 19.1 Å². The summed E-state index contributed by atoms with van der Waals surface area (Å²) in [5.74, 6) is 6.40. The van der Waals surface area contributed by atoms with Gasteiger partial charge >= 0.3 is 6.18 Å². The first-order valence-corrected chi connectivity index (χ1v) is 10.4. The van der Waals surface area contributed by atoms with Gasteiger partial charge in [-0.1, -0.05) is 6.07 Å². The molecular formula is C23H26F3N7O2. The molecule has 1 unspecified atom stereocenters. The van der Waals surface area contributed by atoms with Crippen LogP contribution in [0.3, 0.4) is 0 Å². The van der Waals surface area contributed by atoms with E-state index in [-0.39, 0.29) is 39.2 Å². The van der Waals surface area contributed by atoms with Crippen molar-refractivity contribution in [3.63, 3.8) is 0 Å². The topological polar surface area (TPSA) is 125 Å². The third-order valence-corrected chi connectivity index (χ3v) is 5.77. The Morgan fingerprint density at radius 2 is 2.09 bits per heavy atom. The Hall–Kier alpha value is -3.82. The quantitative estimate of drug-likeness (QED) is 0.341. The number of pyridine rings is 1. The van der Waals surface area contributed by atoms with Crippen LogP contribution in [0.5, 0.6) is 5.88 Å². The van der Waals surface area contributed by atoms with Gasteiger partial charge in [0.25, 0.3) is 0 Å². The van der Waals surface area contributed by atoms with Crippen LogP contribution in [0.2, 0.25) is 0 Å². The van der Waals surface area contributed by atoms with Gasteiger partial charge in [-0.15, -0.1) is 0 Å². The second-order valence-corrected chi connectivity index (χ2v) is 8.00. The van der Waals surface area contributed by atoms with Crippen molar-refractivity contribution in [3.8, 4) is 11.9 Å². The molecule has 1 aromatic carbocycles. The molecule has 3 rings (SSSR count). The van der Waals surface area contributed by atoms with Gasteiger partial charge in [0.1, 0.15) is 11.9 Å². The Kier molecular flexibility index (Phi) is 6.96. The summed E-state index contributed by atoms with van der Waals surface area (Å²) in [6, 6.07) is 6.38. The molecular weight excluding hydrogens is 463 g/mol. The van der Waals surface area contributed by atoms with Gasteiger partial charge in [-0.05, 0) is 24.6 Å². The fourth-order valence-corrected chi connectivity index (χ4v) is 4.03. The average Bonchev–Trinajstić information content (AvgIpc) is 3.13. The lowest BCUT2D eigenvalue weighted by atomic mass is 9.85. The van der Waals surface area contributed by atoms with E-state index in [1.54, 1.807) is 31.7 Å². The van der Waals surface area contributed by atoms with Crippen LogP contribution in [0.15, 0.2) is 36.3 Å². The minimum Gasteiger partial charge on any atom is -0.481 e. The number of hydrogen-bond donors (Lipinski definition) is 3. The molecule has 0 amide bonds. The number of aryl methyl sites for hydroxylation is 1. The van der Waals surface area contributed by atoms with Crippen LogP contribution in [0, 0.1) is 18.3 Å². The highest BCUT2D eigenvalue weighted by Crippen LogP contribution is 2.40. The van der Waals surface area contributed by atoms with Crippen LogP contribution >= 0.6 is 0 Å². The normalized spacial score (nSPS) is 13.9. The zero-order valence-electron chi connectivity index (χ0n) is 19.9. The number of aromatic nitrogens is 3. The second-order valence-electron chi connectivity index (χ2n) is 8.00. The van der Waals surface area contributed by atoms with Gasteiger partial charge in [-0.25, -0.2) is 15.8 Å². The van der Waals surface area contributed by atoms with E-state index < -0.39 is 18.2 Å². The predicted molar refractivity (Wildman–Crippen MR) is 123 cm³/mol. The van der Waals surface area contributed by atoms with Gasteiger partial charge in [0.15, 0.2) is 5.60 Å². The van der Waals surface area contributed by atoms with E-state index in [4.69, 9.17) is 10.6 Å². The van der Waals surface area contributed by atoms with Crippen molar-refractivity contribution in [1.82, 2.24) is 24.9 Å². The number of hydrazine groups is 1. The number of alkyl halides is 3. The summed E-state index contributed by atoms with van der Waals surface area (Å²) < 4.78 is 46.7. The number of hydrogen-bond acceptors (Lipinski definition) is 8. The fourth-order valence-electron chi connectivity index (χ4n) is 4.03. The Labute approximate surface area is 200 Å². The zero-order chi connectivity index (χ0) is 26.1. The van der Waals surface area contributed by atoms with Crippen molar-refractivity contribution < 1.29 is 23.0 Å². The molecule has 186 valence electrons. The number of methoxy groups -OCH3 is 1. The van der Waals surface area contributed by atoms with Gasteiger partial charge < -0.3 is 24.7 Å². The van der Waals surface area contributed by atoms with E-state index in [2.05, 4.69) is 15.3 Å². The summed E-state index contributed by atoms with van der Waals surface area (Å²) in [5, 5.41) is 26.2. The molecule has 0 saturated carbocycles. The first-order valence-electron chi connectivity index (χ1n) is 10.4. The number of nitrogens with one attached hydrogen (secondary N) is 1. The van der Waals surface area contributed by atoms with Crippen molar-refractivity contribution >= 4 is 10.9 Å². The largest absolute Gasteiger partial charge is 0.481 e. The van der Waals surface area contributed by atoms with E-state index >= 15 is 0 Å². The molecule has 0 saturated heterocycles. The highest BCUT2D eigenvalue weighted by molar-refractivity contribution is 5.88. The molecule has 0 spiro atoms. The molecule has 0 bridgehead atoms. The lowest BCUT2D eigenvalue weighted by molar-refractivity contribution is -0.127. The first kappa shape index (κ1) is 25.8. The van der Waals surface area contributed by atoms with Crippen molar-refractivity contribution in [1.29, 1.82) is 5.26 Å². The Bertz CT molecular complexity index is 1330. The monoisotopic (exact) mass is 489 g/mol. The van der Waals surface area contributed by atoms with Crippen LogP contribution in [0.1, 0.15) is 28.2 Å². The minimum atomic E-state index is -4.59. The van der Waals surface area contributed by atoms with Gasteiger partial charge in [-0.2, -0.15) is 18.4 Å². The van der Waals surface area contributed by atoms with E-state index in [0.29, 0.717) is 11.5 Å². The molecule has 2 aromatic heterocycles. The number of likely N-dealkylation sites (N-methyl/N-ethyl adjacent to an activating group) is 1. The van der Waals surface area contributed by atoms with E-state index in [1.165, 1.54) is 43.7 Å². The lowest BCUT2D eigenvalue weighted by Gasteiger charge is -2.35. The van der Waals surface area contributed by atoms with E-state index in [9.17, 15) is 23.5 Å². The second kappa shape index (κ2) is 9.44. The Morgan fingerprint density at radius 1 is 1.40 bits per heavy atom. The third kappa shape index (κ3) is 4.60. The maximum Gasteiger partial charge on any atom is 0.393 e. The summed E-state index contributed by atoms with van der Waals surface area (Å²) in [6.07, 6.45) is -3.00. The van der Waals surface area contributed by atoms with Crippen molar-refractivity contribution in [2.75, 3.05) is 21.2 Å². The summed E-state index contributed by atoms with van der Waals surface area (Å²) in [7, 11) is 6.07. The number of nitrogens with zero attached hydrogens (tertiary/aromatic N) is 5. The highest BCUT2D eigenvalue weighted by Gasteiger charge is 2.41. The molecule has 0 aliphatic carbocycles. The SMILES string of the molecule is CN/C=C(\N(C)N)C(O)(c1ccc2nc(OC)c(CC(F)(F)F)c(C#N)c2c1)c1cnc(C)n1C. The molecule has 4 N–H and O–H groups in total. The zero-order valence-corrected chi connectivity index (χ0v) is 19.9. The summed E-state index contributed by atoms with van der Waals surface area (Å²) in [5.41, 5.74) is -1.47. The van der Waals surface area contributed by atoms with Gasteiger partial charge in [0.2, 0.25) is 5.88 Å². The maximum atomic E-state index is 13.3. The van der Waals surface area contributed by atoms with Crippen molar-refractivity contribution in [3.05, 3.63) is 64.5 Å². The maximum absolute atomic E-state index is 13.3. The number of fused-ring (bicyclic) bond motifs is 1. The molecule has 12 heteroatoms. The molecule has 0 aliphatic rings. The molecule has 0 radical (unpaired) electrons. The number of rotatable bonds is 7. The number of nitrogens with two attached hydrogens (primary N) is 1. The molecule has 0 fully saturated rings. The first-order chi connectivity index (χ1) is 16.4. The highest BCUT2D eigenvalue weighted by atomic mass is 19.4. The molecule has 3 aromatic rings. The van der Waals surface area contributed by atoms with Crippen LogP contribution in [0.4, 0.5) is 13.2 Å². The van der Waals surface area contributed by atoms with Crippen LogP contribution < -0.4 is 15.9 Å². The van der Waals surface area contributed by atoms with Crippen molar-refractivity contribution in [2.45, 2.75) is 25.1 Å². The van der Waals surface area contributed by atoms with Crippen molar-refractivity contribution in [2.24, 2.45) is 12.9 Å². The van der Waals surface area contributed by atoms with Gasteiger partial charge in [0, 0.05) is 38.3 Å². The Balaban J connectivity index is 2.42. The molecule has 0 aliphatic heterocycles. The smallest absolute Gasteiger partial charge is 0.393 e. The number of imidazole rings is 1. The van der Waals surface area contributed by atoms with Gasteiger partial charge in [0.05, 0.1) is 42.2 Å². The number of ether oxygens (including phenoxy) is 1. The molecule has 35 heavy (non-hydrogen) atoms. The molecule has 1 atom stereocenters. The average molecular weight is 490 g/mol. The molecule has 9 nitrogen and oxygen atoms in total. The third-order valence-electron chi connectivity index (χ3n) is 5.77. The summed E-state index contributed by atoms with van der Waals surface area (Å²) in [4.78, 5) is 8.46. The number of nitriles is 1. The van der Waals surface area contributed by atoms with E-state index in [0.717, 1.165) is 0 Å². The Morgan fingerprint density at radius 3 is 2.57 bits per heavy atom. The van der Waals surface area contributed by atoms with Gasteiger partial charge in [-0.3, -0.25) is 0 Å². The predicted octanol–water partition coefficient (Wildman–Crippen LogP) is 2.36. The lowest BCUT2D eigenvalue weighted by Crippen LogP contribution is -2.43. The summed E-state index contributed by atoms with van der Waals surface area (Å²) >= 11 is 0. The number of aliphatic hydroxyl groups is 1. The fraction of sp³-hybridized carbons (Fsp3) is 0.348. The summed E-state index contributed by atoms with van der Waals surface area (Å²) in [6.45, 7) is 1.76. The van der Waals surface area contributed by atoms with Crippen LogP contribution in [0.25, 0.3) is 10.9 Å².